The molecule has 9 heteroatoms. The number of aliphatic hydroxyl groups is 1. The average Bonchev–Trinajstić information content (AvgIpc) is 2.79. The molecule has 1 aliphatic rings. The minimum atomic E-state index is -1.30. The number of carbonyl (C=O) groups is 2. The molecule has 2 N–H and O–H groups in total. The van der Waals surface area contributed by atoms with Crippen molar-refractivity contribution in [3.05, 3.63) is 39.7 Å². The van der Waals surface area contributed by atoms with Crippen LogP contribution < -0.4 is 0 Å². The van der Waals surface area contributed by atoms with Crippen LogP contribution in [0.25, 0.3) is 0 Å². The first-order valence-electron chi connectivity index (χ1n) is 5.96. The Bertz CT molecular complexity index is 620. The molecule has 8 nitrogen and oxygen atoms in total. The molecule has 1 aliphatic heterocycles. The summed E-state index contributed by atoms with van der Waals surface area (Å²) in [6.07, 6.45) is -1.14. The number of hydrogen-bond acceptors (Lipinski definition) is 5. The lowest BCUT2D eigenvalue weighted by atomic mass is 10.1. The van der Waals surface area contributed by atoms with Gasteiger partial charge in [-0.05, 0) is 6.07 Å². The first kappa shape index (κ1) is 14.9. The van der Waals surface area contributed by atoms with Crippen molar-refractivity contribution in [2.45, 2.75) is 18.6 Å². The van der Waals surface area contributed by atoms with Crippen molar-refractivity contribution in [1.29, 1.82) is 0 Å². The van der Waals surface area contributed by atoms with Crippen molar-refractivity contribution >= 4 is 17.6 Å². The Morgan fingerprint density at radius 1 is 1.38 bits per heavy atom. The Hall–Kier alpha value is -2.55. The summed E-state index contributed by atoms with van der Waals surface area (Å²) in [6, 6.07) is 1.08. The van der Waals surface area contributed by atoms with Crippen molar-refractivity contribution in [3.63, 3.8) is 0 Å². The van der Waals surface area contributed by atoms with Gasteiger partial charge < -0.3 is 15.1 Å². The van der Waals surface area contributed by atoms with Crippen molar-refractivity contribution < 1.29 is 29.1 Å². The molecule has 2 rings (SSSR count). The Labute approximate surface area is 117 Å². The fourth-order valence-corrected chi connectivity index (χ4v) is 2.24. The molecule has 112 valence electrons. The zero-order valence-corrected chi connectivity index (χ0v) is 10.6. The highest BCUT2D eigenvalue weighted by Crippen LogP contribution is 2.23. The molecule has 2 atom stereocenters. The summed E-state index contributed by atoms with van der Waals surface area (Å²) in [5, 5.41) is 29.1. The number of nitrogens with zero attached hydrogens (tertiary/aromatic N) is 2. The Kier molecular flexibility index (Phi) is 3.85. The van der Waals surface area contributed by atoms with E-state index < -0.39 is 40.5 Å². The predicted octanol–water partition coefficient (Wildman–Crippen LogP) is 0.394. The number of amides is 1. The summed E-state index contributed by atoms with van der Waals surface area (Å²) in [7, 11) is 0. The van der Waals surface area contributed by atoms with Gasteiger partial charge in [-0.3, -0.25) is 14.9 Å². The summed E-state index contributed by atoms with van der Waals surface area (Å²) in [5.74, 6) is -3.15. The lowest BCUT2D eigenvalue weighted by Crippen LogP contribution is -2.40. The van der Waals surface area contributed by atoms with Crippen LogP contribution in [0.1, 0.15) is 16.8 Å². The first-order chi connectivity index (χ1) is 9.79. The zero-order valence-electron chi connectivity index (χ0n) is 10.6. The SMILES string of the molecule is O=C(O)[C@@H]1CC(O)CN1C(=O)c1cc(F)cc([N+](=O)[O-])c1. The van der Waals surface area contributed by atoms with E-state index in [4.69, 9.17) is 5.11 Å². The van der Waals surface area contributed by atoms with E-state index in [0.717, 1.165) is 17.0 Å². The van der Waals surface area contributed by atoms with Crippen LogP contribution in [0.5, 0.6) is 0 Å². The molecule has 1 unspecified atom stereocenters. The minimum absolute atomic E-state index is 0.140. The number of halogens is 1. The lowest BCUT2D eigenvalue weighted by molar-refractivity contribution is -0.385. The number of likely N-dealkylation sites (tertiary alicyclic amines) is 1. The van der Waals surface area contributed by atoms with Gasteiger partial charge in [0.2, 0.25) is 0 Å². The number of nitro groups is 1. The van der Waals surface area contributed by atoms with Crippen molar-refractivity contribution in [2.75, 3.05) is 6.54 Å². The highest BCUT2D eigenvalue weighted by molar-refractivity contribution is 5.97. The van der Waals surface area contributed by atoms with Gasteiger partial charge in [0.05, 0.1) is 17.1 Å². The van der Waals surface area contributed by atoms with E-state index in [2.05, 4.69) is 0 Å². The van der Waals surface area contributed by atoms with E-state index in [1.165, 1.54) is 0 Å². The van der Waals surface area contributed by atoms with Crippen LogP contribution in [0, 0.1) is 15.9 Å². The fraction of sp³-hybridized carbons (Fsp3) is 0.333. The molecule has 1 heterocycles. The molecule has 0 saturated carbocycles. The van der Waals surface area contributed by atoms with Crippen molar-refractivity contribution in [3.8, 4) is 0 Å². The maximum Gasteiger partial charge on any atom is 0.326 e. The lowest BCUT2D eigenvalue weighted by Gasteiger charge is -2.21. The number of β-amino-alcohol motifs (C(OH)–C–C–N with tert-alkyl or cyclic N) is 1. The van der Waals surface area contributed by atoms with Gasteiger partial charge in [-0.2, -0.15) is 0 Å². The first-order valence-corrected chi connectivity index (χ1v) is 5.96. The van der Waals surface area contributed by atoms with E-state index in [1.54, 1.807) is 0 Å². The summed E-state index contributed by atoms with van der Waals surface area (Å²) in [6.45, 7) is -0.222. The third-order valence-electron chi connectivity index (χ3n) is 3.17. The highest BCUT2D eigenvalue weighted by Gasteiger charge is 2.39. The maximum absolute atomic E-state index is 13.3. The van der Waals surface area contributed by atoms with Gasteiger partial charge in [0.1, 0.15) is 11.9 Å². The second kappa shape index (κ2) is 5.44. The van der Waals surface area contributed by atoms with E-state index in [1.807, 2.05) is 0 Å². The normalized spacial score (nSPS) is 21.3. The third-order valence-corrected chi connectivity index (χ3v) is 3.17. The smallest absolute Gasteiger partial charge is 0.326 e. The Morgan fingerprint density at radius 2 is 2.05 bits per heavy atom. The third kappa shape index (κ3) is 2.97. The molecule has 0 bridgehead atoms. The van der Waals surface area contributed by atoms with Crippen LogP contribution in [-0.2, 0) is 4.79 Å². The van der Waals surface area contributed by atoms with Crippen LogP contribution in [0.4, 0.5) is 10.1 Å². The molecule has 0 radical (unpaired) electrons. The second-order valence-corrected chi connectivity index (χ2v) is 4.66. The molecule has 0 aliphatic carbocycles. The van der Waals surface area contributed by atoms with Crippen LogP contribution in [0.3, 0.4) is 0 Å². The van der Waals surface area contributed by atoms with Gasteiger partial charge in [-0.1, -0.05) is 0 Å². The number of carboxylic acids is 1. The van der Waals surface area contributed by atoms with Crippen molar-refractivity contribution in [2.24, 2.45) is 0 Å². The van der Waals surface area contributed by atoms with Crippen LogP contribution in [0.2, 0.25) is 0 Å². The molecule has 21 heavy (non-hydrogen) atoms. The summed E-state index contributed by atoms with van der Waals surface area (Å²) >= 11 is 0. The zero-order chi connectivity index (χ0) is 15.7. The van der Waals surface area contributed by atoms with E-state index in [9.17, 15) is 29.2 Å². The van der Waals surface area contributed by atoms with Crippen LogP contribution in [0.15, 0.2) is 18.2 Å². The topological polar surface area (TPSA) is 121 Å². The number of rotatable bonds is 3. The van der Waals surface area contributed by atoms with E-state index in [0.29, 0.717) is 6.07 Å². The Balaban J connectivity index is 2.35. The van der Waals surface area contributed by atoms with Gasteiger partial charge >= 0.3 is 5.97 Å². The van der Waals surface area contributed by atoms with E-state index >= 15 is 0 Å². The van der Waals surface area contributed by atoms with Gasteiger partial charge in [-0.25, -0.2) is 9.18 Å². The van der Waals surface area contributed by atoms with E-state index in [-0.39, 0.29) is 18.5 Å². The Morgan fingerprint density at radius 3 is 2.62 bits per heavy atom. The second-order valence-electron chi connectivity index (χ2n) is 4.66. The summed E-state index contributed by atoms with van der Waals surface area (Å²) in [4.78, 5) is 33.9. The molecule has 0 aromatic heterocycles. The minimum Gasteiger partial charge on any atom is -0.480 e. The summed E-state index contributed by atoms with van der Waals surface area (Å²) < 4.78 is 13.3. The maximum atomic E-state index is 13.3. The fourth-order valence-electron chi connectivity index (χ4n) is 2.24. The monoisotopic (exact) mass is 298 g/mol. The number of non-ortho nitro benzene ring substituents is 1. The van der Waals surface area contributed by atoms with Gasteiger partial charge in [0, 0.05) is 24.6 Å². The van der Waals surface area contributed by atoms with Crippen LogP contribution >= 0.6 is 0 Å². The quantitative estimate of drug-likeness (QED) is 0.615. The molecular weight excluding hydrogens is 287 g/mol. The molecular formula is C12H11FN2O6. The average molecular weight is 298 g/mol. The number of nitro benzene ring substituents is 1. The summed E-state index contributed by atoms with van der Waals surface area (Å²) in [5.41, 5.74) is -0.938. The molecule has 0 spiro atoms. The number of hydrogen-bond donors (Lipinski definition) is 2. The van der Waals surface area contributed by atoms with Gasteiger partial charge in [0.25, 0.3) is 11.6 Å². The highest BCUT2D eigenvalue weighted by atomic mass is 19.1. The molecule has 1 amide bonds. The largest absolute Gasteiger partial charge is 0.480 e. The number of carboxylic acid groups (broad SMARTS) is 1. The standard InChI is InChI=1S/C12H11FN2O6/c13-7-1-6(2-8(3-7)15(20)21)11(17)14-5-9(16)4-10(14)12(18)19/h1-3,9-10,16H,4-5H2,(H,18,19)/t9?,10-/m0/s1. The molecule has 1 saturated heterocycles. The van der Waals surface area contributed by atoms with Gasteiger partial charge in [-0.15, -0.1) is 0 Å². The van der Waals surface area contributed by atoms with Gasteiger partial charge in [0.15, 0.2) is 0 Å². The number of benzene rings is 1. The van der Waals surface area contributed by atoms with Crippen LogP contribution in [-0.4, -0.2) is 50.6 Å². The predicted molar refractivity (Wildman–Crippen MR) is 66.1 cm³/mol. The molecule has 1 fully saturated rings. The van der Waals surface area contributed by atoms with Crippen molar-refractivity contribution in [1.82, 2.24) is 4.90 Å². The molecule has 1 aromatic rings. The molecule has 1 aromatic carbocycles. The number of aliphatic carboxylic acids is 1. The number of carbonyl (C=O) groups excluding carboxylic acids is 1. The number of aliphatic hydroxyl groups excluding tert-OH is 1.